The lowest BCUT2D eigenvalue weighted by Gasteiger charge is -1.98. The van der Waals surface area contributed by atoms with E-state index in [9.17, 15) is 0 Å². The summed E-state index contributed by atoms with van der Waals surface area (Å²) in [5.41, 5.74) is 1.23. The average Bonchev–Trinajstić information content (AvgIpc) is 2.79. The molecule has 0 aliphatic rings. The Bertz CT molecular complexity index is 423. The van der Waals surface area contributed by atoms with E-state index in [1.807, 2.05) is 25.5 Å². The van der Waals surface area contributed by atoms with E-state index in [1.165, 1.54) is 11.9 Å². The van der Waals surface area contributed by atoms with Crippen molar-refractivity contribution in [2.24, 2.45) is 0 Å². The van der Waals surface area contributed by atoms with Crippen LogP contribution in [-0.2, 0) is 6.42 Å². The molecule has 1 N–H and O–H groups in total. The maximum atomic E-state index is 4.27. The van der Waals surface area contributed by atoms with E-state index in [-0.39, 0.29) is 0 Å². The highest BCUT2D eigenvalue weighted by atomic mass is 15.3. The molecule has 0 amide bonds. The Hall–Kier alpha value is -1.75. The fourth-order valence-corrected chi connectivity index (χ4v) is 1.50. The van der Waals surface area contributed by atoms with Gasteiger partial charge < -0.3 is 5.32 Å². The van der Waals surface area contributed by atoms with Crippen LogP contribution in [0.2, 0.25) is 0 Å². The molecular weight excluding hydrogens is 202 g/mol. The first kappa shape index (κ1) is 10.8. The second-order valence-electron chi connectivity index (χ2n) is 3.57. The quantitative estimate of drug-likeness (QED) is 0.753. The van der Waals surface area contributed by atoms with Crippen LogP contribution in [-0.4, -0.2) is 33.3 Å². The number of nitrogens with zero attached hydrogens (tertiary/aromatic N) is 4. The van der Waals surface area contributed by atoms with E-state index < -0.39 is 0 Å². The molecule has 84 valence electrons. The van der Waals surface area contributed by atoms with Gasteiger partial charge in [0.05, 0.1) is 6.20 Å². The Morgan fingerprint density at radius 1 is 1.44 bits per heavy atom. The fourth-order valence-electron chi connectivity index (χ4n) is 1.50. The van der Waals surface area contributed by atoms with Gasteiger partial charge in [0, 0.05) is 18.5 Å². The van der Waals surface area contributed by atoms with Gasteiger partial charge in [-0.2, -0.15) is 5.10 Å². The lowest BCUT2D eigenvalue weighted by Crippen LogP contribution is -2.08. The molecule has 5 heteroatoms. The number of hydrogen-bond acceptors (Lipinski definition) is 4. The Morgan fingerprint density at radius 2 is 2.38 bits per heavy atom. The topological polar surface area (TPSA) is 55.6 Å². The number of rotatable bonds is 5. The van der Waals surface area contributed by atoms with Crippen LogP contribution in [0.5, 0.6) is 0 Å². The summed E-state index contributed by atoms with van der Waals surface area (Å²) in [7, 11) is 1.96. The van der Waals surface area contributed by atoms with E-state index in [0.29, 0.717) is 0 Å². The van der Waals surface area contributed by atoms with E-state index in [1.54, 1.807) is 10.9 Å². The average molecular weight is 217 g/mol. The van der Waals surface area contributed by atoms with Crippen molar-refractivity contribution in [1.29, 1.82) is 0 Å². The molecule has 0 aliphatic carbocycles. The monoisotopic (exact) mass is 217 g/mol. The normalized spacial score (nSPS) is 10.6. The third-order valence-electron chi connectivity index (χ3n) is 2.33. The molecule has 2 heterocycles. The second-order valence-corrected chi connectivity index (χ2v) is 3.57. The van der Waals surface area contributed by atoms with Crippen LogP contribution >= 0.6 is 0 Å². The van der Waals surface area contributed by atoms with Crippen LogP contribution in [0.25, 0.3) is 5.82 Å². The molecule has 0 bridgehead atoms. The van der Waals surface area contributed by atoms with Gasteiger partial charge in [-0.15, -0.1) is 0 Å². The maximum absolute atomic E-state index is 4.27. The predicted octanol–water partition coefficient (Wildman–Crippen LogP) is 0.814. The first-order chi connectivity index (χ1) is 7.90. The predicted molar refractivity (Wildman–Crippen MR) is 61.4 cm³/mol. The highest BCUT2D eigenvalue weighted by Gasteiger charge is 2.01. The summed E-state index contributed by atoms with van der Waals surface area (Å²) in [6, 6.07) is 1.84. The minimum Gasteiger partial charge on any atom is -0.320 e. The SMILES string of the molecule is CNCCCc1cnn(-c2ccncn2)c1. The molecule has 0 saturated carbocycles. The molecule has 0 fully saturated rings. The first-order valence-corrected chi connectivity index (χ1v) is 5.34. The molecule has 0 aliphatic heterocycles. The molecule has 2 rings (SSSR count). The second kappa shape index (κ2) is 5.37. The van der Waals surface area contributed by atoms with Gasteiger partial charge in [0.2, 0.25) is 0 Å². The van der Waals surface area contributed by atoms with Crippen molar-refractivity contribution in [2.75, 3.05) is 13.6 Å². The van der Waals surface area contributed by atoms with Gasteiger partial charge >= 0.3 is 0 Å². The molecule has 2 aromatic rings. The number of aromatic nitrogens is 4. The van der Waals surface area contributed by atoms with Crippen molar-refractivity contribution < 1.29 is 0 Å². The van der Waals surface area contributed by atoms with Gasteiger partial charge in [0.15, 0.2) is 5.82 Å². The van der Waals surface area contributed by atoms with Crippen molar-refractivity contribution in [2.45, 2.75) is 12.8 Å². The summed E-state index contributed by atoms with van der Waals surface area (Å²) in [6.07, 6.45) is 9.29. The van der Waals surface area contributed by atoms with E-state index in [4.69, 9.17) is 0 Å². The Balaban J connectivity index is 2.02. The first-order valence-electron chi connectivity index (χ1n) is 5.34. The summed E-state index contributed by atoms with van der Waals surface area (Å²) in [6.45, 7) is 1.03. The van der Waals surface area contributed by atoms with Gasteiger partial charge in [-0.3, -0.25) is 0 Å². The zero-order valence-corrected chi connectivity index (χ0v) is 9.30. The smallest absolute Gasteiger partial charge is 0.156 e. The Morgan fingerprint density at radius 3 is 3.12 bits per heavy atom. The van der Waals surface area contributed by atoms with Crippen LogP contribution in [0.3, 0.4) is 0 Å². The lowest BCUT2D eigenvalue weighted by atomic mass is 10.2. The van der Waals surface area contributed by atoms with Crippen molar-refractivity contribution in [3.05, 3.63) is 36.5 Å². The third kappa shape index (κ3) is 2.64. The molecule has 0 radical (unpaired) electrons. The van der Waals surface area contributed by atoms with Crippen molar-refractivity contribution >= 4 is 0 Å². The van der Waals surface area contributed by atoms with Gasteiger partial charge in [0.25, 0.3) is 0 Å². The standard InChI is InChI=1S/C11H15N5/c1-12-5-2-3-10-7-15-16(8-10)11-4-6-13-9-14-11/h4,6-9,12H,2-3,5H2,1H3. The zero-order chi connectivity index (χ0) is 11.2. The fraction of sp³-hybridized carbons (Fsp3) is 0.364. The van der Waals surface area contributed by atoms with Gasteiger partial charge in [-0.25, -0.2) is 14.6 Å². The van der Waals surface area contributed by atoms with E-state index in [0.717, 1.165) is 25.2 Å². The minimum absolute atomic E-state index is 0.801. The molecular formula is C11H15N5. The van der Waals surface area contributed by atoms with Crippen molar-refractivity contribution in [1.82, 2.24) is 25.1 Å². The van der Waals surface area contributed by atoms with Gasteiger partial charge in [-0.1, -0.05) is 0 Å². The molecule has 0 aromatic carbocycles. The summed E-state index contributed by atoms with van der Waals surface area (Å²) >= 11 is 0. The molecule has 16 heavy (non-hydrogen) atoms. The summed E-state index contributed by atoms with van der Waals surface area (Å²) < 4.78 is 1.77. The van der Waals surface area contributed by atoms with Crippen molar-refractivity contribution in [3.63, 3.8) is 0 Å². The molecule has 0 atom stereocenters. The summed E-state index contributed by atoms with van der Waals surface area (Å²) in [5, 5.41) is 7.40. The molecule has 5 nitrogen and oxygen atoms in total. The van der Waals surface area contributed by atoms with Crippen LogP contribution < -0.4 is 5.32 Å². The summed E-state index contributed by atoms with van der Waals surface area (Å²) in [5.74, 6) is 0.801. The van der Waals surface area contributed by atoms with Crippen LogP contribution in [0, 0.1) is 0 Å². The Labute approximate surface area is 94.5 Å². The lowest BCUT2D eigenvalue weighted by molar-refractivity contribution is 0.724. The molecule has 0 saturated heterocycles. The van der Waals surface area contributed by atoms with Gasteiger partial charge in [0.1, 0.15) is 6.33 Å². The largest absolute Gasteiger partial charge is 0.320 e. The van der Waals surface area contributed by atoms with Crippen LogP contribution in [0.4, 0.5) is 0 Å². The van der Waals surface area contributed by atoms with E-state index in [2.05, 4.69) is 20.4 Å². The molecule has 2 aromatic heterocycles. The number of hydrogen-bond donors (Lipinski definition) is 1. The Kier molecular flexibility index (Phi) is 3.61. The van der Waals surface area contributed by atoms with Crippen LogP contribution in [0.15, 0.2) is 31.0 Å². The third-order valence-corrected chi connectivity index (χ3v) is 2.33. The highest BCUT2D eigenvalue weighted by Crippen LogP contribution is 2.05. The molecule has 0 spiro atoms. The van der Waals surface area contributed by atoms with E-state index >= 15 is 0 Å². The summed E-state index contributed by atoms with van der Waals surface area (Å²) in [4.78, 5) is 8.01. The van der Waals surface area contributed by atoms with Crippen molar-refractivity contribution in [3.8, 4) is 5.82 Å². The number of aryl methyl sites for hydroxylation is 1. The van der Waals surface area contributed by atoms with Gasteiger partial charge in [-0.05, 0) is 32.0 Å². The molecule has 0 unspecified atom stereocenters. The highest BCUT2D eigenvalue weighted by molar-refractivity contribution is 5.20. The maximum Gasteiger partial charge on any atom is 0.156 e. The number of nitrogens with one attached hydrogen (secondary N) is 1. The van der Waals surface area contributed by atoms with Crippen LogP contribution in [0.1, 0.15) is 12.0 Å². The zero-order valence-electron chi connectivity index (χ0n) is 9.30. The minimum atomic E-state index is 0.801.